The number of likely N-dealkylation sites (N-methyl/N-ethyl adjacent to an activating group) is 1. The number of hydrogen-bond donors (Lipinski definition) is 2. The van der Waals surface area contributed by atoms with Crippen LogP contribution in [-0.2, 0) is 10.0 Å². The van der Waals surface area contributed by atoms with E-state index in [-0.39, 0.29) is 5.75 Å². The lowest BCUT2D eigenvalue weighted by Crippen LogP contribution is -2.24. The molecule has 1 aromatic rings. The SMILES string of the molecule is CCS(=O)(=O)Nc1ccc(N(C)CCN)cc1. The van der Waals surface area contributed by atoms with Crippen molar-refractivity contribution in [3.05, 3.63) is 24.3 Å². The lowest BCUT2D eigenvalue weighted by molar-refractivity contribution is 0.602. The largest absolute Gasteiger partial charge is 0.373 e. The molecule has 0 fully saturated rings. The molecule has 0 heterocycles. The molecule has 0 aliphatic carbocycles. The third-order valence-corrected chi connectivity index (χ3v) is 3.73. The van der Waals surface area contributed by atoms with Crippen molar-refractivity contribution in [2.24, 2.45) is 5.73 Å². The van der Waals surface area contributed by atoms with Crippen molar-refractivity contribution in [3.63, 3.8) is 0 Å². The maximum atomic E-state index is 11.4. The average Bonchev–Trinajstić information content (AvgIpc) is 2.30. The molecule has 1 aromatic carbocycles. The molecule has 6 heteroatoms. The van der Waals surface area contributed by atoms with Gasteiger partial charge in [0.05, 0.1) is 5.75 Å². The standard InChI is InChI=1S/C11H19N3O2S/c1-3-17(15,16)13-10-4-6-11(7-5-10)14(2)9-8-12/h4-7,13H,3,8-9,12H2,1-2H3. The summed E-state index contributed by atoms with van der Waals surface area (Å²) in [6, 6.07) is 7.22. The fourth-order valence-electron chi connectivity index (χ4n) is 1.36. The number of benzene rings is 1. The highest BCUT2D eigenvalue weighted by atomic mass is 32.2. The molecule has 1 rings (SSSR count). The van der Waals surface area contributed by atoms with Crippen LogP contribution in [0.1, 0.15) is 6.92 Å². The van der Waals surface area contributed by atoms with Crippen LogP contribution >= 0.6 is 0 Å². The zero-order chi connectivity index (χ0) is 12.9. The van der Waals surface area contributed by atoms with E-state index >= 15 is 0 Å². The Labute approximate surface area is 103 Å². The molecule has 5 nitrogen and oxygen atoms in total. The minimum absolute atomic E-state index is 0.0713. The molecular weight excluding hydrogens is 238 g/mol. The summed E-state index contributed by atoms with van der Waals surface area (Å²) in [4.78, 5) is 2.01. The molecule has 0 aromatic heterocycles. The Hall–Kier alpha value is -1.27. The molecule has 0 radical (unpaired) electrons. The van der Waals surface area contributed by atoms with Gasteiger partial charge in [0.2, 0.25) is 10.0 Å². The highest BCUT2D eigenvalue weighted by molar-refractivity contribution is 7.92. The molecule has 3 N–H and O–H groups in total. The zero-order valence-electron chi connectivity index (χ0n) is 10.2. The Morgan fingerprint density at radius 2 is 1.88 bits per heavy atom. The minimum atomic E-state index is -3.20. The number of nitrogens with zero attached hydrogens (tertiary/aromatic N) is 1. The van der Waals surface area contributed by atoms with Gasteiger partial charge in [0.15, 0.2) is 0 Å². The van der Waals surface area contributed by atoms with Crippen LogP contribution < -0.4 is 15.4 Å². The lowest BCUT2D eigenvalue weighted by Gasteiger charge is -2.18. The van der Waals surface area contributed by atoms with Crippen LogP contribution in [0.5, 0.6) is 0 Å². The quantitative estimate of drug-likeness (QED) is 0.792. The molecule has 0 bridgehead atoms. The number of anilines is 2. The van der Waals surface area contributed by atoms with E-state index in [1.54, 1.807) is 19.1 Å². The first-order valence-electron chi connectivity index (χ1n) is 5.50. The van der Waals surface area contributed by atoms with Gasteiger partial charge in [0.1, 0.15) is 0 Å². The van der Waals surface area contributed by atoms with Gasteiger partial charge in [-0.3, -0.25) is 4.72 Å². The van der Waals surface area contributed by atoms with E-state index in [1.807, 2.05) is 24.1 Å². The number of sulfonamides is 1. The molecule has 0 saturated carbocycles. The lowest BCUT2D eigenvalue weighted by atomic mass is 10.2. The second kappa shape index (κ2) is 5.88. The normalized spacial score (nSPS) is 11.2. The third kappa shape index (κ3) is 4.24. The van der Waals surface area contributed by atoms with E-state index < -0.39 is 10.0 Å². The van der Waals surface area contributed by atoms with Crippen molar-refractivity contribution in [2.75, 3.05) is 35.5 Å². The van der Waals surface area contributed by atoms with Crippen LogP contribution in [0.25, 0.3) is 0 Å². The van der Waals surface area contributed by atoms with Gasteiger partial charge in [0.25, 0.3) is 0 Å². The Morgan fingerprint density at radius 3 is 2.35 bits per heavy atom. The van der Waals surface area contributed by atoms with Gasteiger partial charge in [-0.05, 0) is 31.2 Å². The van der Waals surface area contributed by atoms with E-state index in [0.29, 0.717) is 12.2 Å². The van der Waals surface area contributed by atoms with Crippen molar-refractivity contribution in [3.8, 4) is 0 Å². The van der Waals surface area contributed by atoms with Gasteiger partial charge in [-0.15, -0.1) is 0 Å². The third-order valence-electron chi connectivity index (χ3n) is 2.43. The zero-order valence-corrected chi connectivity index (χ0v) is 11.0. The molecule has 0 amide bonds. The fourth-order valence-corrected chi connectivity index (χ4v) is 2.00. The molecule has 0 aliphatic rings. The van der Waals surface area contributed by atoms with Gasteiger partial charge in [-0.1, -0.05) is 0 Å². The molecule has 0 spiro atoms. The Balaban J connectivity index is 2.75. The highest BCUT2D eigenvalue weighted by Gasteiger charge is 2.06. The monoisotopic (exact) mass is 257 g/mol. The summed E-state index contributed by atoms with van der Waals surface area (Å²) in [5, 5.41) is 0. The Kier molecular flexibility index (Phi) is 4.77. The second-order valence-electron chi connectivity index (χ2n) is 3.76. The van der Waals surface area contributed by atoms with Crippen LogP contribution in [0, 0.1) is 0 Å². The number of nitrogens with two attached hydrogens (primary N) is 1. The van der Waals surface area contributed by atoms with Crippen molar-refractivity contribution in [1.29, 1.82) is 0 Å². The Morgan fingerprint density at radius 1 is 1.29 bits per heavy atom. The van der Waals surface area contributed by atoms with Gasteiger partial charge in [-0.25, -0.2) is 8.42 Å². The van der Waals surface area contributed by atoms with E-state index in [9.17, 15) is 8.42 Å². The molecular formula is C11H19N3O2S. The maximum Gasteiger partial charge on any atom is 0.232 e. The maximum absolute atomic E-state index is 11.4. The molecule has 0 atom stereocenters. The van der Waals surface area contributed by atoms with Crippen molar-refractivity contribution >= 4 is 21.4 Å². The molecule has 0 unspecified atom stereocenters. The predicted octanol–water partition coefficient (Wildman–Crippen LogP) is 0.843. The topological polar surface area (TPSA) is 75.4 Å². The van der Waals surface area contributed by atoms with Gasteiger partial charge >= 0.3 is 0 Å². The molecule has 17 heavy (non-hydrogen) atoms. The van der Waals surface area contributed by atoms with Crippen molar-refractivity contribution in [2.45, 2.75) is 6.92 Å². The summed E-state index contributed by atoms with van der Waals surface area (Å²) < 4.78 is 25.2. The smallest absolute Gasteiger partial charge is 0.232 e. The second-order valence-corrected chi connectivity index (χ2v) is 5.77. The van der Waals surface area contributed by atoms with Crippen LogP contribution in [0.4, 0.5) is 11.4 Å². The van der Waals surface area contributed by atoms with Gasteiger partial charge < -0.3 is 10.6 Å². The van der Waals surface area contributed by atoms with E-state index in [0.717, 1.165) is 12.2 Å². The first-order chi connectivity index (χ1) is 7.98. The first-order valence-corrected chi connectivity index (χ1v) is 7.15. The molecule has 0 saturated heterocycles. The van der Waals surface area contributed by atoms with Crippen molar-refractivity contribution in [1.82, 2.24) is 0 Å². The summed E-state index contributed by atoms with van der Waals surface area (Å²) in [5.41, 5.74) is 7.05. The molecule has 96 valence electrons. The highest BCUT2D eigenvalue weighted by Crippen LogP contribution is 2.17. The summed E-state index contributed by atoms with van der Waals surface area (Å²) in [6.07, 6.45) is 0. The summed E-state index contributed by atoms with van der Waals surface area (Å²) in [7, 11) is -1.26. The summed E-state index contributed by atoms with van der Waals surface area (Å²) >= 11 is 0. The van der Waals surface area contributed by atoms with Gasteiger partial charge in [0, 0.05) is 31.5 Å². The Bertz CT molecular complexity index is 442. The number of hydrogen-bond acceptors (Lipinski definition) is 4. The first kappa shape index (κ1) is 13.8. The summed E-state index contributed by atoms with van der Waals surface area (Å²) in [5.74, 6) is 0.0713. The van der Waals surface area contributed by atoms with E-state index in [4.69, 9.17) is 5.73 Å². The average molecular weight is 257 g/mol. The molecule has 0 aliphatic heterocycles. The van der Waals surface area contributed by atoms with Crippen LogP contribution in [0.15, 0.2) is 24.3 Å². The van der Waals surface area contributed by atoms with Crippen LogP contribution in [0.3, 0.4) is 0 Å². The van der Waals surface area contributed by atoms with Crippen LogP contribution in [-0.4, -0.2) is 34.3 Å². The predicted molar refractivity (Wildman–Crippen MR) is 71.8 cm³/mol. The van der Waals surface area contributed by atoms with Crippen LogP contribution in [0.2, 0.25) is 0 Å². The van der Waals surface area contributed by atoms with Gasteiger partial charge in [-0.2, -0.15) is 0 Å². The summed E-state index contributed by atoms with van der Waals surface area (Å²) in [6.45, 7) is 2.95. The van der Waals surface area contributed by atoms with Crippen molar-refractivity contribution < 1.29 is 8.42 Å². The minimum Gasteiger partial charge on any atom is -0.373 e. The number of nitrogens with one attached hydrogen (secondary N) is 1. The number of rotatable bonds is 6. The van der Waals surface area contributed by atoms with E-state index in [1.165, 1.54) is 0 Å². The fraction of sp³-hybridized carbons (Fsp3) is 0.455. The van der Waals surface area contributed by atoms with E-state index in [2.05, 4.69) is 4.72 Å².